The molecular formula is C16H21ClN4OS. The van der Waals surface area contributed by atoms with E-state index in [1.165, 1.54) is 0 Å². The molecular weight excluding hydrogens is 332 g/mol. The average molecular weight is 353 g/mol. The minimum Gasteiger partial charge on any atom is -0.342 e. The van der Waals surface area contributed by atoms with E-state index in [1.54, 1.807) is 24.3 Å². The molecule has 2 N–H and O–H groups in total. The summed E-state index contributed by atoms with van der Waals surface area (Å²) < 4.78 is 2.47. The number of aromatic nitrogens is 3. The lowest BCUT2D eigenvalue weighted by Gasteiger charge is -2.20. The molecule has 1 amide bonds. The Kier molecular flexibility index (Phi) is 5.96. The number of amides is 1. The molecule has 2 aromatic rings. The third-order valence-electron chi connectivity index (χ3n) is 3.53. The number of carbonyl (C=O) groups is 1. The Morgan fingerprint density at radius 3 is 2.61 bits per heavy atom. The molecule has 0 bridgehead atoms. The van der Waals surface area contributed by atoms with Crippen molar-refractivity contribution in [2.75, 3.05) is 0 Å². The number of aromatic amines is 1. The second-order valence-electron chi connectivity index (χ2n) is 5.79. The number of halogens is 1. The van der Waals surface area contributed by atoms with Crippen LogP contribution < -0.4 is 5.32 Å². The van der Waals surface area contributed by atoms with Crippen LogP contribution in [-0.4, -0.2) is 20.7 Å². The maximum atomic E-state index is 12.5. The number of carbonyl (C=O) groups excluding carboxylic acids is 1. The van der Waals surface area contributed by atoms with Crippen LogP contribution in [0.5, 0.6) is 0 Å². The molecule has 5 nitrogen and oxygen atoms in total. The van der Waals surface area contributed by atoms with Gasteiger partial charge in [-0.2, -0.15) is 5.10 Å². The van der Waals surface area contributed by atoms with Gasteiger partial charge in [0.15, 0.2) is 10.6 Å². The Morgan fingerprint density at radius 2 is 2.04 bits per heavy atom. The van der Waals surface area contributed by atoms with Gasteiger partial charge in [0.05, 0.1) is 6.04 Å². The highest BCUT2D eigenvalue weighted by atomic mass is 35.5. The fourth-order valence-corrected chi connectivity index (χ4v) is 2.84. The second-order valence-corrected chi connectivity index (χ2v) is 6.62. The van der Waals surface area contributed by atoms with Crippen LogP contribution in [0.2, 0.25) is 5.02 Å². The van der Waals surface area contributed by atoms with Gasteiger partial charge < -0.3 is 9.88 Å². The fourth-order valence-electron chi connectivity index (χ4n) is 2.44. The van der Waals surface area contributed by atoms with E-state index in [1.807, 2.05) is 11.5 Å². The molecule has 124 valence electrons. The van der Waals surface area contributed by atoms with Crippen LogP contribution >= 0.6 is 23.8 Å². The number of rotatable bonds is 6. The van der Waals surface area contributed by atoms with Crippen molar-refractivity contribution in [2.45, 2.75) is 39.8 Å². The minimum atomic E-state index is -0.203. The van der Waals surface area contributed by atoms with E-state index in [4.69, 9.17) is 23.8 Å². The van der Waals surface area contributed by atoms with Crippen LogP contribution in [0, 0.1) is 10.7 Å². The lowest BCUT2D eigenvalue weighted by Crippen LogP contribution is -2.31. The number of nitrogens with zero attached hydrogens (tertiary/aromatic N) is 2. The van der Waals surface area contributed by atoms with Crippen LogP contribution in [0.1, 0.15) is 49.4 Å². The van der Waals surface area contributed by atoms with Crippen LogP contribution in [0.3, 0.4) is 0 Å². The van der Waals surface area contributed by atoms with Gasteiger partial charge in [-0.3, -0.25) is 9.89 Å². The van der Waals surface area contributed by atoms with Crippen molar-refractivity contribution in [1.82, 2.24) is 20.1 Å². The summed E-state index contributed by atoms with van der Waals surface area (Å²) in [4.78, 5) is 12.5. The summed E-state index contributed by atoms with van der Waals surface area (Å²) in [5, 5.41) is 10.8. The summed E-state index contributed by atoms with van der Waals surface area (Å²) in [6, 6.07) is 6.62. The van der Waals surface area contributed by atoms with Crippen molar-refractivity contribution in [3.05, 3.63) is 45.4 Å². The summed E-state index contributed by atoms with van der Waals surface area (Å²) in [6.07, 6.45) is 0.777. The summed E-state index contributed by atoms with van der Waals surface area (Å²) in [6.45, 7) is 6.93. The Bertz CT molecular complexity index is 720. The van der Waals surface area contributed by atoms with Gasteiger partial charge in [-0.15, -0.1) is 0 Å². The Labute approximate surface area is 146 Å². The predicted octanol–water partition coefficient (Wildman–Crippen LogP) is 4.13. The highest BCUT2D eigenvalue weighted by Crippen LogP contribution is 2.21. The SMILES string of the molecule is CCn1c(C(CC(C)C)NC(=O)c2ccc(Cl)cc2)n[nH]c1=S. The Balaban J connectivity index is 2.26. The minimum absolute atomic E-state index is 0.149. The van der Waals surface area contributed by atoms with Gasteiger partial charge in [-0.25, -0.2) is 0 Å². The standard InChI is InChI=1S/C16H21ClN4OS/c1-4-21-14(19-20-16(21)23)13(9-10(2)3)18-15(22)11-5-7-12(17)8-6-11/h5-8,10,13H,4,9H2,1-3H3,(H,18,22)(H,20,23). The van der Waals surface area contributed by atoms with E-state index in [-0.39, 0.29) is 11.9 Å². The molecule has 1 aromatic carbocycles. The Hall–Kier alpha value is -1.66. The molecule has 0 saturated carbocycles. The van der Waals surface area contributed by atoms with E-state index in [9.17, 15) is 4.79 Å². The largest absolute Gasteiger partial charge is 0.342 e. The smallest absolute Gasteiger partial charge is 0.251 e. The van der Waals surface area contributed by atoms with E-state index >= 15 is 0 Å². The topological polar surface area (TPSA) is 62.7 Å². The summed E-state index contributed by atoms with van der Waals surface area (Å²) in [5.41, 5.74) is 0.570. The van der Waals surface area contributed by atoms with Crippen molar-refractivity contribution >= 4 is 29.7 Å². The number of benzene rings is 1. The van der Waals surface area contributed by atoms with Gasteiger partial charge in [-0.05, 0) is 55.7 Å². The summed E-state index contributed by atoms with van der Waals surface area (Å²) >= 11 is 11.1. The highest BCUT2D eigenvalue weighted by Gasteiger charge is 2.22. The zero-order valence-corrected chi connectivity index (χ0v) is 15.0. The fraction of sp³-hybridized carbons (Fsp3) is 0.438. The molecule has 1 atom stereocenters. The first kappa shape index (κ1) is 17.7. The summed E-state index contributed by atoms with van der Waals surface area (Å²) in [5.74, 6) is 1.01. The second kappa shape index (κ2) is 7.75. The molecule has 0 aliphatic carbocycles. The summed E-state index contributed by atoms with van der Waals surface area (Å²) in [7, 11) is 0. The van der Waals surface area contributed by atoms with Gasteiger partial charge in [0.2, 0.25) is 0 Å². The average Bonchev–Trinajstić information content (AvgIpc) is 2.87. The molecule has 1 unspecified atom stereocenters. The van der Waals surface area contributed by atoms with Crippen molar-refractivity contribution in [1.29, 1.82) is 0 Å². The molecule has 0 aliphatic rings. The van der Waals surface area contributed by atoms with Crippen LogP contribution in [0.25, 0.3) is 0 Å². The third kappa shape index (κ3) is 4.42. The molecule has 23 heavy (non-hydrogen) atoms. The number of nitrogens with one attached hydrogen (secondary N) is 2. The molecule has 0 radical (unpaired) electrons. The lowest BCUT2D eigenvalue weighted by molar-refractivity contribution is 0.0929. The van der Waals surface area contributed by atoms with Crippen LogP contribution in [0.15, 0.2) is 24.3 Å². The van der Waals surface area contributed by atoms with Crippen LogP contribution in [-0.2, 0) is 6.54 Å². The van der Waals surface area contributed by atoms with Gasteiger partial charge in [-0.1, -0.05) is 25.4 Å². The Morgan fingerprint density at radius 1 is 1.39 bits per heavy atom. The molecule has 0 aliphatic heterocycles. The zero-order chi connectivity index (χ0) is 17.0. The van der Waals surface area contributed by atoms with Crippen molar-refractivity contribution in [3.8, 4) is 0 Å². The lowest BCUT2D eigenvalue weighted by atomic mass is 10.0. The van der Waals surface area contributed by atoms with Crippen LogP contribution in [0.4, 0.5) is 0 Å². The third-order valence-corrected chi connectivity index (χ3v) is 4.10. The van der Waals surface area contributed by atoms with Crippen molar-refractivity contribution in [3.63, 3.8) is 0 Å². The predicted molar refractivity (Wildman–Crippen MR) is 94.2 cm³/mol. The van der Waals surface area contributed by atoms with Gasteiger partial charge in [0.1, 0.15) is 0 Å². The maximum Gasteiger partial charge on any atom is 0.251 e. The van der Waals surface area contributed by atoms with E-state index in [2.05, 4.69) is 29.4 Å². The molecule has 1 heterocycles. The maximum absolute atomic E-state index is 12.5. The van der Waals surface area contributed by atoms with Gasteiger partial charge >= 0.3 is 0 Å². The molecule has 0 spiro atoms. The first-order chi connectivity index (χ1) is 10.9. The quantitative estimate of drug-likeness (QED) is 0.768. The van der Waals surface area contributed by atoms with E-state index in [0.717, 1.165) is 12.2 Å². The van der Waals surface area contributed by atoms with Crippen molar-refractivity contribution < 1.29 is 4.79 Å². The number of hydrogen-bond acceptors (Lipinski definition) is 3. The first-order valence-corrected chi connectivity index (χ1v) is 8.42. The van der Waals surface area contributed by atoms with Gasteiger partial charge in [0, 0.05) is 17.1 Å². The number of H-pyrrole nitrogens is 1. The van der Waals surface area contributed by atoms with E-state index in [0.29, 0.717) is 27.8 Å². The van der Waals surface area contributed by atoms with Crippen molar-refractivity contribution in [2.24, 2.45) is 5.92 Å². The monoisotopic (exact) mass is 352 g/mol. The van der Waals surface area contributed by atoms with E-state index < -0.39 is 0 Å². The number of hydrogen-bond donors (Lipinski definition) is 2. The molecule has 0 saturated heterocycles. The van der Waals surface area contributed by atoms with Gasteiger partial charge in [0.25, 0.3) is 5.91 Å². The molecule has 1 aromatic heterocycles. The molecule has 0 fully saturated rings. The zero-order valence-electron chi connectivity index (χ0n) is 13.5. The highest BCUT2D eigenvalue weighted by molar-refractivity contribution is 7.71. The molecule has 2 rings (SSSR count). The first-order valence-electron chi connectivity index (χ1n) is 7.63. The molecule has 7 heteroatoms. The normalized spacial score (nSPS) is 12.4.